The third-order valence-electron chi connectivity index (χ3n) is 3.81. The molecule has 2 rings (SSSR count). The molecule has 0 radical (unpaired) electrons. The van der Waals surface area contributed by atoms with Crippen LogP contribution in [0.2, 0.25) is 0 Å². The number of carbonyl (C=O) groups excluding carboxylic acids is 2. The predicted molar refractivity (Wildman–Crippen MR) is 88.3 cm³/mol. The average Bonchev–Trinajstić information content (AvgIpc) is 2.99. The smallest absolute Gasteiger partial charge is 0.410 e. The molecule has 0 aromatic heterocycles. The van der Waals surface area contributed by atoms with Gasteiger partial charge in [-0.3, -0.25) is 9.69 Å². The maximum Gasteiger partial charge on any atom is 0.410 e. The molecule has 0 bridgehead atoms. The summed E-state index contributed by atoms with van der Waals surface area (Å²) in [4.78, 5) is 25.0. The fourth-order valence-corrected chi connectivity index (χ4v) is 2.64. The zero-order valence-corrected chi connectivity index (χ0v) is 13.8. The molecule has 6 heteroatoms. The van der Waals surface area contributed by atoms with Crippen molar-refractivity contribution in [2.45, 2.75) is 32.1 Å². The maximum atomic E-state index is 12.4. The number of amides is 1. The Morgan fingerprint density at radius 2 is 2.04 bits per heavy atom. The van der Waals surface area contributed by atoms with E-state index in [0.717, 1.165) is 5.56 Å². The third-order valence-corrected chi connectivity index (χ3v) is 3.81. The highest BCUT2D eigenvalue weighted by atomic mass is 16.6. The molecular formula is C18H23NO5. The first-order chi connectivity index (χ1) is 11.6. The van der Waals surface area contributed by atoms with E-state index in [-0.39, 0.29) is 31.3 Å². The van der Waals surface area contributed by atoms with Gasteiger partial charge in [-0.15, -0.1) is 6.58 Å². The lowest BCUT2D eigenvalue weighted by Crippen LogP contribution is -2.44. The number of ether oxygens (including phenoxy) is 3. The lowest BCUT2D eigenvalue weighted by Gasteiger charge is -2.27. The van der Waals surface area contributed by atoms with Crippen LogP contribution in [0.4, 0.5) is 4.79 Å². The first-order valence-corrected chi connectivity index (χ1v) is 7.95. The SMILES string of the molecule is C=CCO[C@@H]1CCN(C(=O)OCc2ccccc2)[C@@H]1COC(C)=O. The van der Waals surface area contributed by atoms with E-state index >= 15 is 0 Å². The minimum absolute atomic E-state index is 0.0948. The van der Waals surface area contributed by atoms with Crippen LogP contribution in [-0.4, -0.2) is 48.9 Å². The molecule has 1 aliphatic heterocycles. The molecule has 0 N–H and O–H groups in total. The number of rotatable bonds is 7. The van der Waals surface area contributed by atoms with Crippen LogP contribution in [0.3, 0.4) is 0 Å². The fourth-order valence-electron chi connectivity index (χ4n) is 2.64. The number of hydrogen-bond donors (Lipinski definition) is 0. The van der Waals surface area contributed by atoms with E-state index in [2.05, 4.69) is 6.58 Å². The van der Waals surface area contributed by atoms with Crippen molar-refractivity contribution in [2.75, 3.05) is 19.8 Å². The number of hydrogen-bond acceptors (Lipinski definition) is 5. The van der Waals surface area contributed by atoms with Crippen LogP contribution in [0, 0.1) is 0 Å². The van der Waals surface area contributed by atoms with Crippen molar-refractivity contribution in [3.8, 4) is 0 Å². The number of esters is 1. The molecule has 1 aromatic carbocycles. The zero-order chi connectivity index (χ0) is 17.4. The van der Waals surface area contributed by atoms with Gasteiger partial charge in [-0.05, 0) is 12.0 Å². The quantitative estimate of drug-likeness (QED) is 0.567. The Labute approximate surface area is 142 Å². The van der Waals surface area contributed by atoms with Gasteiger partial charge in [0.25, 0.3) is 0 Å². The molecular weight excluding hydrogens is 310 g/mol. The Hall–Kier alpha value is -2.34. The highest BCUT2D eigenvalue weighted by Gasteiger charge is 2.39. The van der Waals surface area contributed by atoms with Gasteiger partial charge in [0.05, 0.1) is 18.8 Å². The Balaban J connectivity index is 1.95. The van der Waals surface area contributed by atoms with Crippen LogP contribution in [-0.2, 0) is 25.6 Å². The minimum Gasteiger partial charge on any atom is -0.464 e. The van der Waals surface area contributed by atoms with Crippen molar-refractivity contribution in [3.05, 3.63) is 48.6 Å². The van der Waals surface area contributed by atoms with Crippen LogP contribution in [0.15, 0.2) is 43.0 Å². The van der Waals surface area contributed by atoms with E-state index in [9.17, 15) is 9.59 Å². The van der Waals surface area contributed by atoms with Crippen LogP contribution in [0.1, 0.15) is 18.9 Å². The number of likely N-dealkylation sites (tertiary alicyclic amines) is 1. The van der Waals surface area contributed by atoms with Gasteiger partial charge in [-0.25, -0.2) is 4.79 Å². The van der Waals surface area contributed by atoms with Crippen LogP contribution >= 0.6 is 0 Å². The molecule has 0 unspecified atom stereocenters. The average molecular weight is 333 g/mol. The molecule has 1 fully saturated rings. The summed E-state index contributed by atoms with van der Waals surface area (Å²) in [5.41, 5.74) is 0.918. The van der Waals surface area contributed by atoms with E-state index in [1.165, 1.54) is 6.92 Å². The van der Waals surface area contributed by atoms with Gasteiger partial charge in [-0.1, -0.05) is 36.4 Å². The van der Waals surface area contributed by atoms with Gasteiger partial charge < -0.3 is 14.2 Å². The normalized spacial score (nSPS) is 19.8. The van der Waals surface area contributed by atoms with E-state index in [1.807, 2.05) is 30.3 Å². The second kappa shape index (κ2) is 9.08. The summed E-state index contributed by atoms with van der Waals surface area (Å²) in [6.45, 7) is 6.14. The number of carbonyl (C=O) groups is 2. The number of benzene rings is 1. The maximum absolute atomic E-state index is 12.4. The Kier molecular flexibility index (Phi) is 6.81. The summed E-state index contributed by atoms with van der Waals surface area (Å²) in [7, 11) is 0. The first-order valence-electron chi connectivity index (χ1n) is 7.95. The van der Waals surface area contributed by atoms with Gasteiger partial charge >= 0.3 is 12.1 Å². The van der Waals surface area contributed by atoms with Gasteiger partial charge in [0.2, 0.25) is 0 Å². The molecule has 0 aliphatic carbocycles. The second-order valence-electron chi connectivity index (χ2n) is 5.55. The summed E-state index contributed by atoms with van der Waals surface area (Å²) in [5, 5.41) is 0. The molecule has 24 heavy (non-hydrogen) atoms. The van der Waals surface area contributed by atoms with Crippen LogP contribution in [0.5, 0.6) is 0 Å². The Bertz CT molecular complexity index is 560. The molecule has 1 aliphatic rings. The second-order valence-corrected chi connectivity index (χ2v) is 5.55. The van der Waals surface area contributed by atoms with E-state index < -0.39 is 6.09 Å². The molecule has 0 spiro atoms. The Morgan fingerprint density at radius 3 is 2.71 bits per heavy atom. The fraction of sp³-hybridized carbons (Fsp3) is 0.444. The lowest BCUT2D eigenvalue weighted by atomic mass is 10.2. The molecule has 1 saturated heterocycles. The topological polar surface area (TPSA) is 65.1 Å². The van der Waals surface area contributed by atoms with Crippen molar-refractivity contribution in [1.82, 2.24) is 4.90 Å². The summed E-state index contributed by atoms with van der Waals surface area (Å²) < 4.78 is 16.1. The summed E-state index contributed by atoms with van der Waals surface area (Å²) >= 11 is 0. The van der Waals surface area contributed by atoms with Crippen molar-refractivity contribution >= 4 is 12.1 Å². The third kappa shape index (κ3) is 5.09. The minimum atomic E-state index is -0.430. The van der Waals surface area contributed by atoms with Crippen molar-refractivity contribution in [2.24, 2.45) is 0 Å². The molecule has 0 saturated carbocycles. The van der Waals surface area contributed by atoms with Crippen molar-refractivity contribution < 1.29 is 23.8 Å². The van der Waals surface area contributed by atoms with Crippen molar-refractivity contribution in [3.63, 3.8) is 0 Å². The Morgan fingerprint density at radius 1 is 1.29 bits per heavy atom. The lowest BCUT2D eigenvalue weighted by molar-refractivity contribution is -0.143. The largest absolute Gasteiger partial charge is 0.464 e. The molecule has 1 aromatic rings. The van der Waals surface area contributed by atoms with Crippen LogP contribution in [0.25, 0.3) is 0 Å². The number of nitrogens with zero attached hydrogens (tertiary/aromatic N) is 1. The summed E-state index contributed by atoms with van der Waals surface area (Å²) in [6.07, 6.45) is 1.69. The van der Waals surface area contributed by atoms with E-state index in [4.69, 9.17) is 14.2 Å². The standard InChI is InChI=1S/C18H23NO5/c1-3-11-22-17-9-10-19(16(17)13-23-14(2)20)18(21)24-12-15-7-5-4-6-8-15/h3-8,16-17H,1,9-13H2,2H3/t16-,17-/m1/s1. The highest BCUT2D eigenvalue weighted by Crippen LogP contribution is 2.23. The molecule has 130 valence electrons. The zero-order valence-electron chi connectivity index (χ0n) is 13.8. The van der Waals surface area contributed by atoms with Gasteiger partial charge in [-0.2, -0.15) is 0 Å². The van der Waals surface area contributed by atoms with E-state index in [1.54, 1.807) is 11.0 Å². The molecule has 2 atom stereocenters. The van der Waals surface area contributed by atoms with Gasteiger partial charge in [0.15, 0.2) is 0 Å². The molecule has 6 nitrogen and oxygen atoms in total. The predicted octanol–water partition coefficient (Wildman–Crippen LogP) is 2.53. The van der Waals surface area contributed by atoms with Crippen molar-refractivity contribution in [1.29, 1.82) is 0 Å². The molecule has 1 heterocycles. The van der Waals surface area contributed by atoms with Gasteiger partial charge in [0, 0.05) is 13.5 Å². The summed E-state index contributed by atoms with van der Waals surface area (Å²) in [5.74, 6) is -0.387. The van der Waals surface area contributed by atoms with Crippen LogP contribution < -0.4 is 0 Å². The van der Waals surface area contributed by atoms with E-state index in [0.29, 0.717) is 19.6 Å². The summed E-state index contributed by atoms with van der Waals surface area (Å²) in [6, 6.07) is 9.12. The molecule has 1 amide bonds. The first kappa shape index (κ1) is 18.0. The highest BCUT2D eigenvalue weighted by molar-refractivity contribution is 5.69. The monoisotopic (exact) mass is 333 g/mol. The van der Waals surface area contributed by atoms with Gasteiger partial charge in [0.1, 0.15) is 13.2 Å².